The highest BCUT2D eigenvalue weighted by atomic mass is 79.9. The zero-order valence-electron chi connectivity index (χ0n) is 5.13. The van der Waals surface area contributed by atoms with Crippen LogP contribution in [0.4, 0.5) is 0 Å². The van der Waals surface area contributed by atoms with Crippen LogP contribution >= 0.6 is 15.9 Å². The smallest absolute Gasteiger partial charge is 0.338 e. The molecule has 1 fully saturated rings. The Hall–Kier alpha value is -0.0900. The zero-order valence-corrected chi connectivity index (χ0v) is 6.72. The number of halogens is 1. The molecule has 1 atom stereocenters. The van der Waals surface area contributed by atoms with Gasteiger partial charge in [0.2, 0.25) is 0 Å². The number of hydrogen-bond acceptors (Lipinski definition) is 3. The number of alkyl halides is 1. The number of rotatable bonds is 0. The topological polar surface area (TPSA) is 29.5 Å². The minimum Gasteiger partial charge on any atom is -0.367 e. The van der Waals surface area contributed by atoms with E-state index in [4.69, 9.17) is 4.84 Å². The van der Waals surface area contributed by atoms with Crippen molar-refractivity contribution < 1.29 is 9.63 Å². The summed E-state index contributed by atoms with van der Waals surface area (Å²) >= 11 is 3.18. The molecule has 0 radical (unpaired) electrons. The van der Waals surface area contributed by atoms with Gasteiger partial charge in [0, 0.05) is 13.6 Å². The van der Waals surface area contributed by atoms with Gasteiger partial charge in [-0.3, -0.25) is 0 Å². The molecule has 0 aromatic heterocycles. The summed E-state index contributed by atoms with van der Waals surface area (Å²) in [5, 5.41) is 1.54. The highest BCUT2D eigenvalue weighted by Crippen LogP contribution is 2.13. The fraction of sp³-hybridized carbons (Fsp3) is 0.800. The van der Waals surface area contributed by atoms with Gasteiger partial charge in [-0.25, -0.2) is 4.79 Å². The highest BCUT2D eigenvalue weighted by Gasteiger charge is 2.23. The zero-order chi connectivity index (χ0) is 6.85. The lowest BCUT2D eigenvalue weighted by Gasteiger charge is -2.23. The Balaban J connectivity index is 2.44. The van der Waals surface area contributed by atoms with Crippen molar-refractivity contribution in [2.24, 2.45) is 0 Å². The van der Waals surface area contributed by atoms with Crippen LogP contribution in [0.3, 0.4) is 0 Å². The molecule has 1 unspecified atom stereocenters. The van der Waals surface area contributed by atoms with Crippen molar-refractivity contribution in [3.8, 4) is 0 Å². The summed E-state index contributed by atoms with van der Waals surface area (Å²) in [4.78, 5) is 15.3. The standard InChI is InChI=1S/C5H8BrNO2/c1-7-3-2-4(6)5(8)9-7/h4H,2-3H2,1H3. The Labute approximate surface area is 62.0 Å². The predicted octanol–water partition coefficient (Wildman–Crippen LogP) is 0.544. The molecule has 1 rings (SSSR count). The van der Waals surface area contributed by atoms with Crippen LogP contribution < -0.4 is 0 Å². The third-order valence-corrected chi connectivity index (χ3v) is 2.03. The molecule has 4 heteroatoms. The van der Waals surface area contributed by atoms with E-state index in [9.17, 15) is 4.79 Å². The van der Waals surface area contributed by atoms with Crippen LogP contribution in [0.2, 0.25) is 0 Å². The molecule has 3 nitrogen and oxygen atoms in total. The average Bonchev–Trinajstić information content (AvgIpc) is 1.80. The number of carbonyl (C=O) groups is 1. The Morgan fingerprint density at radius 2 is 2.56 bits per heavy atom. The summed E-state index contributed by atoms with van der Waals surface area (Å²) in [5.41, 5.74) is 0. The summed E-state index contributed by atoms with van der Waals surface area (Å²) in [6.07, 6.45) is 0.829. The first-order chi connectivity index (χ1) is 4.20. The second kappa shape index (κ2) is 2.66. The second-order valence-corrected chi connectivity index (χ2v) is 3.12. The van der Waals surface area contributed by atoms with Crippen molar-refractivity contribution in [1.29, 1.82) is 0 Å². The largest absolute Gasteiger partial charge is 0.367 e. The molecule has 0 amide bonds. The van der Waals surface area contributed by atoms with Gasteiger partial charge in [0.1, 0.15) is 4.83 Å². The lowest BCUT2D eigenvalue weighted by Crippen LogP contribution is -2.36. The van der Waals surface area contributed by atoms with Gasteiger partial charge >= 0.3 is 5.97 Å². The van der Waals surface area contributed by atoms with Gasteiger partial charge in [-0.1, -0.05) is 15.9 Å². The molecule has 0 aromatic carbocycles. The lowest BCUT2D eigenvalue weighted by molar-refractivity contribution is -0.191. The molecule has 1 aliphatic heterocycles. The summed E-state index contributed by atoms with van der Waals surface area (Å²) in [6, 6.07) is 0. The van der Waals surface area contributed by atoms with E-state index < -0.39 is 0 Å². The molecule has 0 bridgehead atoms. The predicted molar refractivity (Wildman–Crippen MR) is 36.1 cm³/mol. The maximum absolute atomic E-state index is 10.7. The van der Waals surface area contributed by atoms with Crippen LogP contribution in [0.1, 0.15) is 6.42 Å². The van der Waals surface area contributed by atoms with Crippen molar-refractivity contribution in [1.82, 2.24) is 5.06 Å². The number of carbonyl (C=O) groups excluding carboxylic acids is 1. The van der Waals surface area contributed by atoms with E-state index in [1.807, 2.05) is 0 Å². The van der Waals surface area contributed by atoms with Crippen molar-refractivity contribution in [2.75, 3.05) is 13.6 Å². The van der Waals surface area contributed by atoms with E-state index in [-0.39, 0.29) is 10.8 Å². The Bertz CT molecular complexity index is 128. The second-order valence-electron chi connectivity index (χ2n) is 2.02. The third kappa shape index (κ3) is 1.66. The van der Waals surface area contributed by atoms with E-state index >= 15 is 0 Å². The minimum absolute atomic E-state index is 0.103. The monoisotopic (exact) mass is 193 g/mol. The highest BCUT2D eigenvalue weighted by molar-refractivity contribution is 9.10. The number of hydrogen-bond donors (Lipinski definition) is 0. The fourth-order valence-electron chi connectivity index (χ4n) is 0.669. The van der Waals surface area contributed by atoms with Crippen LogP contribution in [0, 0.1) is 0 Å². The van der Waals surface area contributed by atoms with Crippen LogP contribution in [0.5, 0.6) is 0 Å². The Kier molecular flexibility index (Phi) is 2.08. The first-order valence-corrected chi connectivity index (χ1v) is 3.69. The molecular formula is C5H8BrNO2. The van der Waals surface area contributed by atoms with Gasteiger partial charge < -0.3 is 4.84 Å². The normalized spacial score (nSPS) is 30.0. The number of hydroxylamine groups is 2. The van der Waals surface area contributed by atoms with E-state index in [1.54, 1.807) is 12.1 Å². The molecule has 0 N–H and O–H groups in total. The molecule has 1 saturated heterocycles. The van der Waals surface area contributed by atoms with Crippen molar-refractivity contribution in [3.63, 3.8) is 0 Å². The van der Waals surface area contributed by atoms with Gasteiger partial charge in [-0.05, 0) is 6.42 Å². The first-order valence-electron chi connectivity index (χ1n) is 2.77. The third-order valence-electron chi connectivity index (χ3n) is 1.20. The van der Waals surface area contributed by atoms with E-state index in [2.05, 4.69) is 15.9 Å². The van der Waals surface area contributed by atoms with E-state index in [1.165, 1.54) is 0 Å². The van der Waals surface area contributed by atoms with Crippen LogP contribution in [0.15, 0.2) is 0 Å². The van der Waals surface area contributed by atoms with E-state index in [0.29, 0.717) is 0 Å². The molecule has 0 aromatic rings. The maximum Gasteiger partial charge on any atom is 0.338 e. The average molecular weight is 194 g/mol. The molecule has 0 spiro atoms. The first kappa shape index (κ1) is 7.02. The quantitative estimate of drug-likeness (QED) is 0.527. The number of nitrogens with zero attached hydrogens (tertiary/aromatic N) is 1. The molecule has 0 aliphatic carbocycles. The van der Waals surface area contributed by atoms with Gasteiger partial charge in [-0.2, -0.15) is 0 Å². The molecular weight excluding hydrogens is 186 g/mol. The van der Waals surface area contributed by atoms with Gasteiger partial charge in [-0.15, -0.1) is 5.06 Å². The summed E-state index contributed by atoms with van der Waals surface area (Å²) < 4.78 is 0. The van der Waals surface area contributed by atoms with Crippen molar-refractivity contribution in [2.45, 2.75) is 11.2 Å². The van der Waals surface area contributed by atoms with E-state index in [0.717, 1.165) is 13.0 Å². The van der Waals surface area contributed by atoms with Crippen LogP contribution in [0.25, 0.3) is 0 Å². The minimum atomic E-state index is -0.191. The summed E-state index contributed by atoms with van der Waals surface area (Å²) in [5.74, 6) is -0.191. The SMILES string of the molecule is CN1CCC(Br)C(=O)O1. The summed E-state index contributed by atoms with van der Waals surface area (Å²) in [6.45, 7) is 0.807. The molecule has 0 saturated carbocycles. The molecule has 52 valence electrons. The summed E-state index contributed by atoms with van der Waals surface area (Å²) in [7, 11) is 1.75. The van der Waals surface area contributed by atoms with Crippen LogP contribution in [-0.2, 0) is 9.63 Å². The molecule has 9 heavy (non-hydrogen) atoms. The van der Waals surface area contributed by atoms with Gasteiger partial charge in [0.25, 0.3) is 0 Å². The van der Waals surface area contributed by atoms with Gasteiger partial charge in [0.15, 0.2) is 0 Å². The van der Waals surface area contributed by atoms with Crippen LogP contribution in [-0.4, -0.2) is 29.5 Å². The molecule has 1 aliphatic rings. The Morgan fingerprint density at radius 3 is 3.00 bits per heavy atom. The fourth-order valence-corrected chi connectivity index (χ4v) is 0.958. The Morgan fingerprint density at radius 1 is 1.89 bits per heavy atom. The van der Waals surface area contributed by atoms with Crippen molar-refractivity contribution in [3.05, 3.63) is 0 Å². The maximum atomic E-state index is 10.7. The van der Waals surface area contributed by atoms with Crippen molar-refractivity contribution >= 4 is 21.9 Å². The lowest BCUT2D eigenvalue weighted by atomic mass is 10.3. The molecule has 1 heterocycles. The van der Waals surface area contributed by atoms with Gasteiger partial charge in [0.05, 0.1) is 0 Å².